The van der Waals surface area contributed by atoms with Crippen molar-refractivity contribution in [2.75, 3.05) is 0 Å². The van der Waals surface area contributed by atoms with E-state index in [1.165, 1.54) is 0 Å². The van der Waals surface area contributed by atoms with Gasteiger partial charge in [-0.05, 0) is 42.2 Å². The summed E-state index contributed by atoms with van der Waals surface area (Å²) in [5.74, 6) is 0.495. The summed E-state index contributed by atoms with van der Waals surface area (Å²) in [5.41, 5.74) is 3.36. The van der Waals surface area contributed by atoms with Gasteiger partial charge in [-0.1, -0.05) is 36.8 Å². The van der Waals surface area contributed by atoms with Crippen molar-refractivity contribution in [2.24, 2.45) is 5.92 Å². The lowest BCUT2D eigenvalue weighted by atomic mass is 9.81. The third-order valence-electron chi connectivity index (χ3n) is 3.93. The number of dihydropyridines is 1. The van der Waals surface area contributed by atoms with Gasteiger partial charge in [0, 0.05) is 24.2 Å². The van der Waals surface area contributed by atoms with Crippen LogP contribution in [0.1, 0.15) is 31.2 Å². The Morgan fingerprint density at radius 1 is 1.15 bits per heavy atom. The molecule has 20 heavy (non-hydrogen) atoms. The van der Waals surface area contributed by atoms with E-state index in [1.54, 1.807) is 0 Å². The Labute approximate surface area is 119 Å². The van der Waals surface area contributed by atoms with E-state index >= 15 is 0 Å². The number of carbonyl (C=O) groups is 1. The lowest BCUT2D eigenvalue weighted by Crippen LogP contribution is -2.22. The van der Waals surface area contributed by atoms with Crippen LogP contribution in [0.5, 0.6) is 0 Å². The molecule has 1 fully saturated rings. The molecule has 2 aliphatic rings. The Kier molecular flexibility index (Phi) is 3.82. The van der Waals surface area contributed by atoms with Gasteiger partial charge in [0.25, 0.3) is 0 Å². The number of hydrogen-bond donors (Lipinski definition) is 1. The molecule has 1 aliphatic heterocycles. The maximum atomic E-state index is 12.0. The van der Waals surface area contributed by atoms with Crippen LogP contribution in [-0.2, 0) is 4.79 Å². The number of hydrogen-bond acceptors (Lipinski definition) is 2. The van der Waals surface area contributed by atoms with Crippen molar-refractivity contribution >= 4 is 11.9 Å². The van der Waals surface area contributed by atoms with Crippen LogP contribution in [0, 0.1) is 5.92 Å². The molecule has 1 unspecified atom stereocenters. The fraction of sp³-hybridized carbons (Fsp3) is 0.278. The number of allylic oxidation sites excluding steroid dienone is 3. The Balaban J connectivity index is 1.83. The van der Waals surface area contributed by atoms with Crippen molar-refractivity contribution in [2.45, 2.75) is 25.7 Å². The van der Waals surface area contributed by atoms with Crippen molar-refractivity contribution in [3.63, 3.8) is 0 Å². The molecule has 1 atom stereocenters. The van der Waals surface area contributed by atoms with Crippen LogP contribution in [-0.4, -0.2) is 5.78 Å². The van der Waals surface area contributed by atoms with Crippen molar-refractivity contribution < 1.29 is 4.79 Å². The normalized spacial score (nSPS) is 24.4. The maximum Gasteiger partial charge on any atom is 0.140 e. The molecule has 102 valence electrons. The van der Waals surface area contributed by atoms with Crippen LogP contribution in [0.25, 0.3) is 6.08 Å². The smallest absolute Gasteiger partial charge is 0.140 e. The van der Waals surface area contributed by atoms with Gasteiger partial charge in [-0.25, -0.2) is 0 Å². The molecule has 1 aliphatic carbocycles. The number of Topliss-reactive ketones (excluding diaryl/α,β-unsaturated/α-hetero) is 1. The summed E-state index contributed by atoms with van der Waals surface area (Å²) in [6.45, 7) is 0. The van der Waals surface area contributed by atoms with Crippen molar-refractivity contribution in [3.05, 3.63) is 65.5 Å². The summed E-state index contributed by atoms with van der Waals surface area (Å²) in [6, 6.07) is 10.2. The lowest BCUT2D eigenvalue weighted by Gasteiger charge is -2.23. The number of ketones is 1. The predicted octanol–water partition coefficient (Wildman–Crippen LogP) is 3.83. The molecule has 0 aromatic heterocycles. The third-order valence-corrected chi connectivity index (χ3v) is 3.93. The van der Waals surface area contributed by atoms with Gasteiger partial charge in [-0.15, -0.1) is 0 Å². The fourth-order valence-corrected chi connectivity index (χ4v) is 2.87. The van der Waals surface area contributed by atoms with Crippen LogP contribution >= 0.6 is 0 Å². The topological polar surface area (TPSA) is 29.1 Å². The number of benzene rings is 1. The summed E-state index contributed by atoms with van der Waals surface area (Å²) >= 11 is 0. The van der Waals surface area contributed by atoms with Crippen molar-refractivity contribution in [3.8, 4) is 0 Å². The second kappa shape index (κ2) is 5.91. The Morgan fingerprint density at radius 3 is 2.80 bits per heavy atom. The molecule has 0 spiro atoms. The van der Waals surface area contributed by atoms with Crippen molar-refractivity contribution in [1.82, 2.24) is 5.32 Å². The zero-order chi connectivity index (χ0) is 13.8. The summed E-state index contributed by atoms with van der Waals surface area (Å²) in [7, 11) is 0. The molecular weight excluding hydrogens is 246 g/mol. The summed E-state index contributed by atoms with van der Waals surface area (Å²) in [6.07, 6.45) is 12.1. The molecule has 2 nitrogen and oxygen atoms in total. The van der Waals surface area contributed by atoms with Crippen molar-refractivity contribution in [1.29, 1.82) is 0 Å². The van der Waals surface area contributed by atoms with Gasteiger partial charge in [-0.3, -0.25) is 4.79 Å². The highest BCUT2D eigenvalue weighted by Crippen LogP contribution is 2.29. The Morgan fingerprint density at radius 2 is 2.00 bits per heavy atom. The van der Waals surface area contributed by atoms with Gasteiger partial charge >= 0.3 is 0 Å². The van der Waals surface area contributed by atoms with E-state index in [4.69, 9.17) is 0 Å². The van der Waals surface area contributed by atoms with E-state index in [0.29, 0.717) is 5.78 Å². The first-order valence-corrected chi connectivity index (χ1v) is 7.27. The quantitative estimate of drug-likeness (QED) is 0.880. The first-order valence-electron chi connectivity index (χ1n) is 7.27. The SMILES string of the molecule is O=C1CCCCC1C1=CC(=Cc2ccccc2)NC=C1. The molecular formula is C18H19NO. The molecule has 1 saturated carbocycles. The minimum atomic E-state index is 0.0984. The second-order valence-electron chi connectivity index (χ2n) is 5.40. The maximum absolute atomic E-state index is 12.0. The molecule has 0 radical (unpaired) electrons. The van der Waals surface area contributed by atoms with Crippen LogP contribution in [0.15, 0.2) is 60.0 Å². The monoisotopic (exact) mass is 265 g/mol. The van der Waals surface area contributed by atoms with E-state index < -0.39 is 0 Å². The minimum Gasteiger partial charge on any atom is -0.362 e. The van der Waals surface area contributed by atoms with Gasteiger partial charge in [0.1, 0.15) is 5.78 Å². The van der Waals surface area contributed by atoms with Gasteiger partial charge in [-0.2, -0.15) is 0 Å². The Hall–Kier alpha value is -2.09. The zero-order valence-corrected chi connectivity index (χ0v) is 11.5. The van der Waals surface area contributed by atoms with Crippen LogP contribution in [0.4, 0.5) is 0 Å². The molecule has 1 heterocycles. The Bertz CT molecular complexity index is 581. The van der Waals surface area contributed by atoms with E-state index in [9.17, 15) is 4.79 Å². The summed E-state index contributed by atoms with van der Waals surface area (Å²) in [5, 5.41) is 3.24. The van der Waals surface area contributed by atoms with Gasteiger partial charge in [0.2, 0.25) is 0 Å². The zero-order valence-electron chi connectivity index (χ0n) is 11.5. The molecule has 1 N–H and O–H groups in total. The van der Waals surface area contributed by atoms with Crippen LogP contribution in [0.3, 0.4) is 0 Å². The molecule has 2 heteroatoms. The number of rotatable bonds is 2. The number of carbonyl (C=O) groups excluding carboxylic acids is 1. The van der Waals surface area contributed by atoms with Crippen LogP contribution in [0.2, 0.25) is 0 Å². The highest BCUT2D eigenvalue weighted by atomic mass is 16.1. The number of nitrogens with one attached hydrogen (secondary N) is 1. The highest BCUT2D eigenvalue weighted by Gasteiger charge is 2.25. The molecule has 3 rings (SSSR count). The summed E-state index contributed by atoms with van der Waals surface area (Å²) in [4.78, 5) is 12.0. The lowest BCUT2D eigenvalue weighted by molar-refractivity contribution is -0.123. The predicted molar refractivity (Wildman–Crippen MR) is 81.7 cm³/mol. The fourth-order valence-electron chi connectivity index (χ4n) is 2.87. The first-order chi connectivity index (χ1) is 9.83. The largest absolute Gasteiger partial charge is 0.362 e. The molecule has 1 aromatic carbocycles. The average molecular weight is 265 g/mol. The van der Waals surface area contributed by atoms with Gasteiger partial charge in [0.05, 0.1) is 0 Å². The average Bonchev–Trinajstić information content (AvgIpc) is 2.49. The first kappa shape index (κ1) is 12.9. The standard InChI is InChI=1S/C18H19NO/c20-18-9-5-4-8-17(18)15-10-11-19-16(13-15)12-14-6-2-1-3-7-14/h1-3,6-7,10-13,17,19H,4-5,8-9H2. The molecule has 0 amide bonds. The second-order valence-corrected chi connectivity index (χ2v) is 5.40. The highest BCUT2D eigenvalue weighted by molar-refractivity contribution is 5.85. The minimum absolute atomic E-state index is 0.0984. The van der Waals surface area contributed by atoms with E-state index in [-0.39, 0.29) is 5.92 Å². The van der Waals surface area contributed by atoms with Gasteiger partial charge < -0.3 is 5.32 Å². The van der Waals surface area contributed by atoms with Gasteiger partial charge in [0.15, 0.2) is 0 Å². The molecule has 1 aromatic rings. The summed E-state index contributed by atoms with van der Waals surface area (Å²) < 4.78 is 0. The third kappa shape index (κ3) is 2.90. The van der Waals surface area contributed by atoms with E-state index in [2.05, 4.69) is 29.6 Å². The molecule has 0 bridgehead atoms. The van der Waals surface area contributed by atoms with E-state index in [0.717, 1.165) is 42.5 Å². The van der Waals surface area contributed by atoms with E-state index in [1.807, 2.05) is 30.5 Å². The van der Waals surface area contributed by atoms with Crippen LogP contribution < -0.4 is 5.32 Å². The molecule has 0 saturated heterocycles.